The number of benzene rings is 2. The smallest absolute Gasteiger partial charge is 0.266 e. The Morgan fingerprint density at radius 3 is 1.16 bits per heavy atom. The molecule has 4 heterocycles. The van der Waals surface area contributed by atoms with Gasteiger partial charge >= 0.3 is 0 Å². The lowest BCUT2D eigenvalue weighted by Crippen LogP contribution is -2.40. The molecule has 16 heteroatoms. The third-order valence-corrected chi connectivity index (χ3v) is 11.1. The number of morpholine rings is 2. The van der Waals surface area contributed by atoms with E-state index in [4.69, 9.17) is 9.47 Å². The van der Waals surface area contributed by atoms with Gasteiger partial charge in [-0.15, -0.1) is 0 Å². The molecule has 6 rings (SSSR count). The van der Waals surface area contributed by atoms with Crippen molar-refractivity contribution in [1.82, 2.24) is 28.2 Å². The molecule has 2 fully saturated rings. The van der Waals surface area contributed by atoms with Gasteiger partial charge in [0.2, 0.25) is 20.0 Å². The fourth-order valence-corrected chi connectivity index (χ4v) is 7.57. The molecule has 2 saturated heterocycles. The van der Waals surface area contributed by atoms with E-state index in [0.717, 1.165) is 11.1 Å². The SMILES string of the molecule is Cn1[nH]c(-c2ccc(S(=O)(=O)N3CCOCC3)cc2)cc1=O.Cn1[nH]c(-c2ccc(S(=O)(=O)N3CCOCC3)cc2)cc1=O. The number of ether oxygens (including phenoxy) is 2. The van der Waals surface area contributed by atoms with E-state index in [1.165, 1.54) is 30.1 Å². The van der Waals surface area contributed by atoms with Crippen LogP contribution in [0.4, 0.5) is 0 Å². The molecule has 0 spiro atoms. The van der Waals surface area contributed by atoms with Gasteiger partial charge in [0.05, 0.1) is 47.6 Å². The van der Waals surface area contributed by atoms with Gasteiger partial charge in [0, 0.05) is 52.4 Å². The van der Waals surface area contributed by atoms with Crippen LogP contribution < -0.4 is 11.1 Å². The number of aryl methyl sites for hydroxylation is 2. The van der Waals surface area contributed by atoms with E-state index in [1.54, 1.807) is 62.6 Å². The summed E-state index contributed by atoms with van der Waals surface area (Å²) >= 11 is 0. The summed E-state index contributed by atoms with van der Waals surface area (Å²) in [5.74, 6) is 0. The molecule has 2 aliphatic heterocycles. The van der Waals surface area contributed by atoms with Crippen molar-refractivity contribution in [3.8, 4) is 22.5 Å². The molecule has 44 heavy (non-hydrogen) atoms. The van der Waals surface area contributed by atoms with Gasteiger partial charge in [-0.05, 0) is 35.4 Å². The summed E-state index contributed by atoms with van der Waals surface area (Å²) in [5.41, 5.74) is 2.56. The normalized spacial score (nSPS) is 16.8. The summed E-state index contributed by atoms with van der Waals surface area (Å²) in [7, 11) is -3.72. The number of aromatic amines is 2. The predicted octanol–water partition coefficient (Wildman–Crippen LogP) is 0.803. The maximum atomic E-state index is 12.5. The standard InChI is InChI=1S/2C14H17N3O4S/c2*1-16-14(18)10-13(15-16)11-2-4-12(5-3-11)22(19,20)17-6-8-21-9-7-17/h2*2-5,10,15H,6-9H2,1H3. The summed E-state index contributed by atoms with van der Waals surface area (Å²) in [6.45, 7) is 3.16. The number of nitrogens with zero attached hydrogens (tertiary/aromatic N) is 4. The zero-order chi connectivity index (χ0) is 31.5. The van der Waals surface area contributed by atoms with Gasteiger partial charge in [-0.2, -0.15) is 8.61 Å². The predicted molar refractivity (Wildman–Crippen MR) is 162 cm³/mol. The number of nitrogens with one attached hydrogen (secondary N) is 2. The maximum Gasteiger partial charge on any atom is 0.266 e. The second-order valence-electron chi connectivity index (χ2n) is 10.2. The number of aromatic nitrogens is 4. The molecule has 2 aromatic carbocycles. The Kier molecular flexibility index (Phi) is 9.38. The van der Waals surface area contributed by atoms with Gasteiger partial charge in [-0.3, -0.25) is 29.2 Å². The van der Waals surface area contributed by atoms with Crippen LogP contribution in [0.25, 0.3) is 22.5 Å². The Morgan fingerprint density at radius 2 is 0.886 bits per heavy atom. The lowest BCUT2D eigenvalue weighted by molar-refractivity contribution is 0.0730. The minimum absolute atomic E-state index is 0.139. The van der Waals surface area contributed by atoms with E-state index < -0.39 is 20.0 Å². The third-order valence-electron chi connectivity index (χ3n) is 7.32. The van der Waals surface area contributed by atoms with E-state index in [9.17, 15) is 26.4 Å². The molecule has 0 saturated carbocycles. The molecule has 0 amide bonds. The molecular formula is C28H34N6O8S2. The number of hydrogen-bond acceptors (Lipinski definition) is 8. The largest absolute Gasteiger partial charge is 0.379 e. The van der Waals surface area contributed by atoms with Gasteiger partial charge in [-0.25, -0.2) is 16.8 Å². The molecule has 0 radical (unpaired) electrons. The van der Waals surface area contributed by atoms with E-state index in [2.05, 4.69) is 10.2 Å². The average molecular weight is 647 g/mol. The first-order valence-electron chi connectivity index (χ1n) is 13.9. The quantitative estimate of drug-likeness (QED) is 0.310. The molecule has 2 N–H and O–H groups in total. The minimum atomic E-state index is -3.49. The Bertz CT molecular complexity index is 1770. The molecule has 0 bridgehead atoms. The molecule has 4 aromatic rings. The lowest BCUT2D eigenvalue weighted by atomic mass is 10.2. The van der Waals surface area contributed by atoms with Crippen molar-refractivity contribution in [2.24, 2.45) is 14.1 Å². The molecule has 0 unspecified atom stereocenters. The highest BCUT2D eigenvalue weighted by molar-refractivity contribution is 7.89. The minimum Gasteiger partial charge on any atom is -0.379 e. The number of sulfonamides is 2. The highest BCUT2D eigenvalue weighted by Gasteiger charge is 2.27. The van der Waals surface area contributed by atoms with Gasteiger partial charge in [0.1, 0.15) is 0 Å². The van der Waals surface area contributed by atoms with E-state index in [0.29, 0.717) is 64.0 Å². The highest BCUT2D eigenvalue weighted by Crippen LogP contribution is 2.23. The Morgan fingerprint density at radius 1 is 0.568 bits per heavy atom. The van der Waals surface area contributed by atoms with Gasteiger partial charge in [0.15, 0.2) is 0 Å². The van der Waals surface area contributed by atoms with Crippen molar-refractivity contribution >= 4 is 20.0 Å². The molecule has 0 atom stereocenters. The fraction of sp³-hybridized carbons (Fsp3) is 0.357. The van der Waals surface area contributed by atoms with Gasteiger partial charge in [-0.1, -0.05) is 24.3 Å². The molecule has 14 nitrogen and oxygen atoms in total. The van der Waals surface area contributed by atoms with Crippen molar-refractivity contribution in [2.45, 2.75) is 9.79 Å². The first-order valence-corrected chi connectivity index (χ1v) is 16.7. The van der Waals surface area contributed by atoms with Gasteiger partial charge < -0.3 is 9.47 Å². The van der Waals surface area contributed by atoms with Crippen LogP contribution in [0.3, 0.4) is 0 Å². The first-order chi connectivity index (χ1) is 21.0. The highest BCUT2D eigenvalue weighted by atomic mass is 32.2. The molecule has 236 valence electrons. The maximum absolute atomic E-state index is 12.5. The van der Waals surface area contributed by atoms with Crippen LogP contribution in [0.15, 0.2) is 80.0 Å². The summed E-state index contributed by atoms with van der Waals surface area (Å²) in [6, 6.07) is 16.0. The van der Waals surface area contributed by atoms with E-state index in [1.807, 2.05) is 0 Å². The fourth-order valence-electron chi connectivity index (χ4n) is 4.76. The Balaban J connectivity index is 0.000000175. The summed E-state index contributed by atoms with van der Waals surface area (Å²) in [6.07, 6.45) is 0. The van der Waals surface area contributed by atoms with Crippen molar-refractivity contribution in [2.75, 3.05) is 52.6 Å². The van der Waals surface area contributed by atoms with Crippen molar-refractivity contribution in [3.05, 3.63) is 81.4 Å². The van der Waals surface area contributed by atoms with E-state index in [-0.39, 0.29) is 20.9 Å². The summed E-state index contributed by atoms with van der Waals surface area (Å²) < 4.78 is 66.0. The summed E-state index contributed by atoms with van der Waals surface area (Å²) in [4.78, 5) is 23.4. The van der Waals surface area contributed by atoms with Crippen LogP contribution >= 0.6 is 0 Å². The molecule has 0 aliphatic carbocycles. The average Bonchev–Trinajstić information content (AvgIpc) is 3.57. The summed E-state index contributed by atoms with van der Waals surface area (Å²) in [5, 5.41) is 5.82. The second-order valence-corrected chi connectivity index (χ2v) is 14.1. The monoisotopic (exact) mass is 646 g/mol. The van der Waals surface area contributed by atoms with E-state index >= 15 is 0 Å². The van der Waals surface area contributed by atoms with Crippen molar-refractivity contribution in [1.29, 1.82) is 0 Å². The van der Waals surface area contributed by atoms with Gasteiger partial charge in [0.25, 0.3) is 11.1 Å². The number of H-pyrrole nitrogens is 2. The lowest BCUT2D eigenvalue weighted by Gasteiger charge is -2.26. The van der Waals surface area contributed by atoms with Crippen LogP contribution in [0.5, 0.6) is 0 Å². The first kappa shape index (κ1) is 31.6. The second kappa shape index (κ2) is 13.1. The van der Waals surface area contributed by atoms with Crippen LogP contribution in [-0.2, 0) is 43.6 Å². The molecular weight excluding hydrogens is 612 g/mol. The van der Waals surface area contributed by atoms with Crippen LogP contribution in [0.1, 0.15) is 0 Å². The number of rotatable bonds is 6. The zero-order valence-corrected chi connectivity index (χ0v) is 25.9. The van der Waals surface area contributed by atoms with Crippen molar-refractivity contribution in [3.63, 3.8) is 0 Å². The molecule has 2 aromatic heterocycles. The topological polar surface area (TPSA) is 169 Å². The van der Waals surface area contributed by atoms with Crippen molar-refractivity contribution < 1.29 is 26.3 Å². The van der Waals surface area contributed by atoms with Crippen LogP contribution in [0, 0.1) is 0 Å². The Labute approximate surface area is 254 Å². The molecule has 2 aliphatic rings. The Hall–Kier alpha value is -3.80. The zero-order valence-electron chi connectivity index (χ0n) is 24.3. The third kappa shape index (κ3) is 6.80. The van der Waals surface area contributed by atoms with Crippen LogP contribution in [0.2, 0.25) is 0 Å². The van der Waals surface area contributed by atoms with Crippen LogP contribution in [-0.4, -0.2) is 97.6 Å². The number of hydrogen-bond donors (Lipinski definition) is 2.